The maximum absolute atomic E-state index is 12.5. The molecule has 1 saturated heterocycles. The number of aliphatic carboxylic acids is 1. The molecule has 2 N–H and O–H groups in total. The van der Waals surface area contributed by atoms with Crippen molar-refractivity contribution in [3.63, 3.8) is 0 Å². The van der Waals surface area contributed by atoms with Crippen molar-refractivity contribution in [1.29, 1.82) is 0 Å². The molecule has 0 bridgehead atoms. The lowest BCUT2D eigenvalue weighted by atomic mass is 10.1. The second kappa shape index (κ2) is 6.44. The molecule has 1 aromatic carbocycles. The molecule has 1 aliphatic heterocycles. The summed E-state index contributed by atoms with van der Waals surface area (Å²) in [5.74, 6) is -0.766. The van der Waals surface area contributed by atoms with Gasteiger partial charge in [0.2, 0.25) is 5.91 Å². The van der Waals surface area contributed by atoms with E-state index in [1.54, 1.807) is 4.90 Å². The molecule has 5 nitrogen and oxygen atoms in total. The minimum Gasteiger partial charge on any atom is -0.481 e. The van der Waals surface area contributed by atoms with E-state index in [1.165, 1.54) is 10.9 Å². The maximum atomic E-state index is 12.5. The summed E-state index contributed by atoms with van der Waals surface area (Å²) in [5, 5.41) is 10.1. The molecular formula is C18H22N2O3. The van der Waals surface area contributed by atoms with Crippen LogP contribution in [0.3, 0.4) is 0 Å². The Bertz CT molecular complexity index is 735. The van der Waals surface area contributed by atoms with Gasteiger partial charge in [-0.2, -0.15) is 0 Å². The fourth-order valence-electron chi connectivity index (χ4n) is 3.53. The van der Waals surface area contributed by atoms with Gasteiger partial charge in [0.15, 0.2) is 0 Å². The van der Waals surface area contributed by atoms with Gasteiger partial charge in [-0.05, 0) is 37.3 Å². The SMILES string of the molecule is Cc1cccc2c(CCC(=O)N3CCCC3CC(=O)O)c[nH]c12. The molecule has 1 unspecified atom stereocenters. The molecule has 2 aromatic rings. The number of carboxylic acid groups (broad SMARTS) is 1. The highest BCUT2D eigenvalue weighted by molar-refractivity contribution is 5.86. The Balaban J connectivity index is 1.66. The molecule has 1 amide bonds. The molecule has 3 rings (SSSR count). The van der Waals surface area contributed by atoms with E-state index in [9.17, 15) is 9.59 Å². The number of hydrogen-bond acceptors (Lipinski definition) is 2. The molecule has 0 saturated carbocycles. The number of nitrogens with zero attached hydrogens (tertiary/aromatic N) is 1. The van der Waals surface area contributed by atoms with Crippen LogP contribution in [0.5, 0.6) is 0 Å². The van der Waals surface area contributed by atoms with Gasteiger partial charge in [0.1, 0.15) is 0 Å². The van der Waals surface area contributed by atoms with Gasteiger partial charge in [-0.1, -0.05) is 18.2 Å². The zero-order valence-corrected chi connectivity index (χ0v) is 13.3. The number of H-pyrrole nitrogens is 1. The zero-order valence-electron chi connectivity index (χ0n) is 13.3. The molecule has 1 fully saturated rings. The first-order chi connectivity index (χ1) is 11.1. The third kappa shape index (κ3) is 3.23. The maximum Gasteiger partial charge on any atom is 0.305 e. The smallest absolute Gasteiger partial charge is 0.305 e. The topological polar surface area (TPSA) is 73.4 Å². The minimum absolute atomic E-state index is 0.0536. The van der Waals surface area contributed by atoms with Crippen molar-refractivity contribution >= 4 is 22.8 Å². The lowest BCUT2D eigenvalue weighted by Gasteiger charge is -2.23. The number of carboxylic acids is 1. The van der Waals surface area contributed by atoms with E-state index >= 15 is 0 Å². The molecular weight excluding hydrogens is 292 g/mol. The molecule has 0 radical (unpaired) electrons. The van der Waals surface area contributed by atoms with Crippen molar-refractivity contribution in [3.05, 3.63) is 35.5 Å². The van der Waals surface area contributed by atoms with Crippen molar-refractivity contribution < 1.29 is 14.7 Å². The highest BCUT2D eigenvalue weighted by Gasteiger charge is 2.29. The fourth-order valence-corrected chi connectivity index (χ4v) is 3.53. The standard InChI is InChI=1S/C18H22N2O3/c1-12-4-2-6-15-13(11-19-18(12)15)7-8-16(21)20-9-3-5-14(20)10-17(22)23/h2,4,6,11,14,19H,3,5,7-10H2,1H3,(H,22,23). The Kier molecular flexibility index (Phi) is 4.37. The van der Waals surface area contributed by atoms with Crippen molar-refractivity contribution in [2.45, 2.75) is 45.1 Å². The number of hydrogen-bond donors (Lipinski definition) is 2. The number of likely N-dealkylation sites (tertiary alicyclic amines) is 1. The highest BCUT2D eigenvalue weighted by atomic mass is 16.4. The number of amides is 1. The molecule has 2 heterocycles. The lowest BCUT2D eigenvalue weighted by molar-refractivity contribution is -0.139. The van der Waals surface area contributed by atoms with Crippen LogP contribution in [0.25, 0.3) is 10.9 Å². The summed E-state index contributed by atoms with van der Waals surface area (Å²) in [5.41, 5.74) is 3.46. The molecule has 1 aromatic heterocycles. The van der Waals surface area contributed by atoms with Crippen LogP contribution in [-0.2, 0) is 16.0 Å². The highest BCUT2D eigenvalue weighted by Crippen LogP contribution is 2.24. The number of aromatic amines is 1. The van der Waals surface area contributed by atoms with Gasteiger partial charge in [-0.3, -0.25) is 9.59 Å². The third-order valence-corrected chi connectivity index (χ3v) is 4.73. The van der Waals surface area contributed by atoms with E-state index in [1.807, 2.05) is 12.3 Å². The van der Waals surface area contributed by atoms with Crippen molar-refractivity contribution in [1.82, 2.24) is 9.88 Å². The van der Waals surface area contributed by atoms with E-state index in [0.29, 0.717) is 19.4 Å². The van der Waals surface area contributed by atoms with Gasteiger partial charge >= 0.3 is 5.97 Å². The first-order valence-corrected chi connectivity index (χ1v) is 8.13. The summed E-state index contributed by atoms with van der Waals surface area (Å²) in [6.45, 7) is 2.75. The third-order valence-electron chi connectivity index (χ3n) is 4.73. The van der Waals surface area contributed by atoms with E-state index in [0.717, 1.165) is 23.9 Å². The van der Waals surface area contributed by atoms with E-state index in [4.69, 9.17) is 5.11 Å². The summed E-state index contributed by atoms with van der Waals surface area (Å²) >= 11 is 0. The second-order valence-corrected chi connectivity index (χ2v) is 6.29. The quantitative estimate of drug-likeness (QED) is 0.891. The summed E-state index contributed by atoms with van der Waals surface area (Å²) in [6, 6.07) is 6.03. The number of carbonyl (C=O) groups excluding carboxylic acids is 1. The van der Waals surface area contributed by atoms with Crippen LogP contribution in [0.4, 0.5) is 0 Å². The van der Waals surface area contributed by atoms with Gasteiger partial charge < -0.3 is 15.0 Å². The summed E-state index contributed by atoms with van der Waals surface area (Å²) < 4.78 is 0. The van der Waals surface area contributed by atoms with Crippen LogP contribution in [0, 0.1) is 6.92 Å². The Morgan fingerprint density at radius 2 is 2.22 bits per heavy atom. The predicted molar refractivity (Wildman–Crippen MR) is 88.3 cm³/mol. The summed E-state index contributed by atoms with van der Waals surface area (Å²) in [6.07, 6.45) is 4.83. The number of aryl methyl sites for hydroxylation is 2. The number of nitrogens with one attached hydrogen (secondary N) is 1. The minimum atomic E-state index is -0.832. The van der Waals surface area contributed by atoms with Gasteiger partial charge in [-0.15, -0.1) is 0 Å². The Labute approximate surface area is 135 Å². The van der Waals surface area contributed by atoms with Crippen molar-refractivity contribution in [2.24, 2.45) is 0 Å². The predicted octanol–water partition coefficient (Wildman–Crippen LogP) is 2.87. The Morgan fingerprint density at radius 3 is 3.00 bits per heavy atom. The van der Waals surface area contributed by atoms with E-state index < -0.39 is 5.97 Å². The number of rotatable bonds is 5. The van der Waals surface area contributed by atoms with Gasteiger partial charge in [0.05, 0.1) is 6.42 Å². The Hall–Kier alpha value is -2.30. The van der Waals surface area contributed by atoms with Crippen LogP contribution in [0.1, 0.15) is 36.8 Å². The zero-order chi connectivity index (χ0) is 16.4. The van der Waals surface area contributed by atoms with Crippen LogP contribution < -0.4 is 0 Å². The molecule has 0 spiro atoms. The lowest BCUT2D eigenvalue weighted by Crippen LogP contribution is -2.36. The molecule has 0 aliphatic carbocycles. The van der Waals surface area contributed by atoms with Crippen LogP contribution in [0.2, 0.25) is 0 Å². The van der Waals surface area contributed by atoms with Crippen molar-refractivity contribution in [3.8, 4) is 0 Å². The van der Waals surface area contributed by atoms with Crippen LogP contribution >= 0.6 is 0 Å². The molecule has 1 aliphatic rings. The molecule has 1 atom stereocenters. The van der Waals surface area contributed by atoms with Crippen LogP contribution in [0.15, 0.2) is 24.4 Å². The van der Waals surface area contributed by atoms with Crippen LogP contribution in [-0.4, -0.2) is 39.5 Å². The first kappa shape index (κ1) is 15.6. The number of carbonyl (C=O) groups is 2. The second-order valence-electron chi connectivity index (χ2n) is 6.29. The molecule has 23 heavy (non-hydrogen) atoms. The van der Waals surface area contributed by atoms with Gasteiger partial charge in [0.25, 0.3) is 0 Å². The van der Waals surface area contributed by atoms with Gasteiger partial charge in [-0.25, -0.2) is 0 Å². The normalized spacial score (nSPS) is 17.8. The number of fused-ring (bicyclic) bond motifs is 1. The van der Waals surface area contributed by atoms with E-state index in [-0.39, 0.29) is 18.4 Å². The summed E-state index contributed by atoms with van der Waals surface area (Å²) in [7, 11) is 0. The fraction of sp³-hybridized carbons (Fsp3) is 0.444. The summed E-state index contributed by atoms with van der Waals surface area (Å²) in [4.78, 5) is 28.4. The number of benzene rings is 1. The van der Waals surface area contributed by atoms with Crippen molar-refractivity contribution in [2.75, 3.05) is 6.54 Å². The van der Waals surface area contributed by atoms with E-state index in [2.05, 4.69) is 24.0 Å². The Morgan fingerprint density at radius 1 is 1.39 bits per heavy atom. The number of para-hydroxylation sites is 1. The first-order valence-electron chi connectivity index (χ1n) is 8.13. The largest absolute Gasteiger partial charge is 0.481 e. The molecule has 5 heteroatoms. The monoisotopic (exact) mass is 314 g/mol. The number of aromatic nitrogens is 1. The molecule has 122 valence electrons. The average Bonchev–Trinajstić information content (AvgIpc) is 3.12. The van der Waals surface area contributed by atoms with Gasteiger partial charge in [0, 0.05) is 36.1 Å². The average molecular weight is 314 g/mol.